The fourth-order valence-electron chi connectivity index (χ4n) is 1.74. The largest absolute Gasteiger partial charge is 0.508 e. The number of hydrogen-bond donors (Lipinski definition) is 2. The van der Waals surface area contributed by atoms with Gasteiger partial charge in [-0.3, -0.25) is 0 Å². The van der Waals surface area contributed by atoms with E-state index in [1.54, 1.807) is 25.3 Å². The molecule has 1 atom stereocenters. The smallest absolute Gasteiger partial charge is 0.142 e. The molecule has 1 aromatic rings. The van der Waals surface area contributed by atoms with Crippen molar-refractivity contribution in [3.8, 4) is 11.5 Å². The lowest BCUT2D eigenvalue weighted by atomic mass is 10.2. The molecule has 0 bridgehead atoms. The molecule has 0 saturated carbocycles. The predicted octanol–water partition coefficient (Wildman–Crippen LogP) is 2.39. The van der Waals surface area contributed by atoms with Crippen LogP contribution in [0, 0.1) is 0 Å². The van der Waals surface area contributed by atoms with E-state index < -0.39 is 0 Å². The fourth-order valence-corrected chi connectivity index (χ4v) is 1.74. The number of nitrogens with zero attached hydrogens (tertiary/aromatic N) is 1. The Hall–Kier alpha value is -1.13. The van der Waals surface area contributed by atoms with E-state index in [-0.39, 0.29) is 24.2 Å². The number of anilines is 1. The lowest BCUT2D eigenvalue weighted by Crippen LogP contribution is -2.37. The van der Waals surface area contributed by atoms with E-state index in [1.807, 2.05) is 0 Å². The third-order valence-corrected chi connectivity index (χ3v) is 2.86. The topological polar surface area (TPSA) is 58.7 Å². The molecule has 0 fully saturated rings. The van der Waals surface area contributed by atoms with Crippen LogP contribution in [0.15, 0.2) is 18.2 Å². The molecule has 0 heterocycles. The quantitative estimate of drug-likeness (QED) is 0.836. The summed E-state index contributed by atoms with van der Waals surface area (Å²) in [7, 11) is 1.63. The van der Waals surface area contributed by atoms with Crippen LogP contribution in [0.4, 0.5) is 5.69 Å². The summed E-state index contributed by atoms with van der Waals surface area (Å²) in [5.41, 5.74) is 6.86. The van der Waals surface area contributed by atoms with Crippen LogP contribution in [0.25, 0.3) is 0 Å². The van der Waals surface area contributed by atoms with Crippen molar-refractivity contribution in [1.82, 2.24) is 0 Å². The number of rotatable bonds is 6. The van der Waals surface area contributed by atoms with E-state index in [1.165, 1.54) is 0 Å². The molecule has 0 aliphatic carbocycles. The SMILES string of the molecule is CCC(N)CN(CC)c1cc(O)ccc1OC.Cl. The van der Waals surface area contributed by atoms with Crippen molar-refractivity contribution in [2.45, 2.75) is 26.3 Å². The number of methoxy groups -OCH3 is 1. The van der Waals surface area contributed by atoms with Crippen LogP contribution in [0.2, 0.25) is 0 Å². The van der Waals surface area contributed by atoms with Gasteiger partial charge < -0.3 is 20.5 Å². The first kappa shape index (κ1) is 16.9. The lowest BCUT2D eigenvalue weighted by molar-refractivity contribution is 0.411. The van der Waals surface area contributed by atoms with Gasteiger partial charge in [0.2, 0.25) is 0 Å². The fraction of sp³-hybridized carbons (Fsp3) is 0.538. The number of likely N-dealkylation sites (N-methyl/N-ethyl adjacent to an activating group) is 1. The summed E-state index contributed by atoms with van der Waals surface area (Å²) in [5, 5.41) is 9.56. The normalized spacial score (nSPS) is 11.6. The van der Waals surface area contributed by atoms with Crippen molar-refractivity contribution in [2.24, 2.45) is 5.73 Å². The zero-order valence-corrected chi connectivity index (χ0v) is 12.0. The van der Waals surface area contributed by atoms with Crippen LogP contribution in [-0.4, -0.2) is 31.3 Å². The molecule has 4 nitrogen and oxygen atoms in total. The molecule has 3 N–H and O–H groups in total. The zero-order chi connectivity index (χ0) is 12.8. The summed E-state index contributed by atoms with van der Waals surface area (Å²) in [6.45, 7) is 5.71. The number of phenolic OH excluding ortho intramolecular Hbond substituents is 1. The molecule has 0 aromatic heterocycles. The average molecular weight is 275 g/mol. The zero-order valence-electron chi connectivity index (χ0n) is 11.2. The van der Waals surface area contributed by atoms with Gasteiger partial charge in [-0.05, 0) is 25.5 Å². The molecule has 0 saturated heterocycles. The molecule has 18 heavy (non-hydrogen) atoms. The number of hydrogen-bond acceptors (Lipinski definition) is 4. The van der Waals surface area contributed by atoms with Gasteiger partial charge in [0.1, 0.15) is 11.5 Å². The molecule has 1 unspecified atom stereocenters. The summed E-state index contributed by atoms with van der Waals surface area (Å²) >= 11 is 0. The molecule has 5 heteroatoms. The van der Waals surface area contributed by atoms with Gasteiger partial charge in [0, 0.05) is 25.2 Å². The molecule has 0 spiro atoms. The van der Waals surface area contributed by atoms with E-state index in [0.29, 0.717) is 0 Å². The van der Waals surface area contributed by atoms with Crippen molar-refractivity contribution in [2.75, 3.05) is 25.1 Å². The highest BCUT2D eigenvalue weighted by Gasteiger charge is 2.13. The minimum Gasteiger partial charge on any atom is -0.508 e. The second-order valence-electron chi connectivity index (χ2n) is 4.06. The minimum absolute atomic E-state index is 0. The second kappa shape index (κ2) is 8.06. The van der Waals surface area contributed by atoms with Crippen molar-refractivity contribution >= 4 is 18.1 Å². The predicted molar refractivity (Wildman–Crippen MR) is 78.1 cm³/mol. The summed E-state index contributed by atoms with van der Waals surface area (Å²) in [6.07, 6.45) is 0.928. The number of nitrogens with two attached hydrogens (primary N) is 1. The Kier molecular flexibility index (Phi) is 7.55. The maximum absolute atomic E-state index is 9.56. The Labute approximate surface area is 115 Å². The Morgan fingerprint density at radius 3 is 2.56 bits per heavy atom. The standard InChI is InChI=1S/C13H22N2O2.ClH/c1-4-10(14)9-15(5-2)12-8-11(16)6-7-13(12)17-3;/h6-8,10,16H,4-5,9,14H2,1-3H3;1H. The van der Waals surface area contributed by atoms with E-state index in [4.69, 9.17) is 10.5 Å². The van der Waals surface area contributed by atoms with Gasteiger partial charge in [0.05, 0.1) is 12.8 Å². The van der Waals surface area contributed by atoms with Crippen LogP contribution >= 0.6 is 12.4 Å². The maximum Gasteiger partial charge on any atom is 0.142 e. The molecule has 0 aliphatic rings. The number of phenols is 1. The van der Waals surface area contributed by atoms with Gasteiger partial charge in [0.15, 0.2) is 0 Å². The van der Waals surface area contributed by atoms with Crippen LogP contribution in [-0.2, 0) is 0 Å². The molecule has 0 aliphatic heterocycles. The first-order valence-corrected chi connectivity index (χ1v) is 5.99. The highest BCUT2D eigenvalue weighted by atomic mass is 35.5. The van der Waals surface area contributed by atoms with Gasteiger partial charge in [0.25, 0.3) is 0 Å². The monoisotopic (exact) mass is 274 g/mol. The Bertz CT molecular complexity index is 361. The van der Waals surface area contributed by atoms with Crippen molar-refractivity contribution in [3.63, 3.8) is 0 Å². The molecule has 1 aromatic carbocycles. The first-order chi connectivity index (χ1) is 8.12. The Balaban J connectivity index is 0.00000289. The molecule has 1 rings (SSSR count). The molecular weight excluding hydrogens is 252 g/mol. The van der Waals surface area contributed by atoms with E-state index in [9.17, 15) is 5.11 Å². The van der Waals surface area contributed by atoms with Crippen molar-refractivity contribution < 1.29 is 9.84 Å². The summed E-state index contributed by atoms with van der Waals surface area (Å²) in [6, 6.07) is 5.23. The highest BCUT2D eigenvalue weighted by Crippen LogP contribution is 2.31. The number of halogens is 1. The second-order valence-corrected chi connectivity index (χ2v) is 4.06. The first-order valence-electron chi connectivity index (χ1n) is 5.99. The maximum atomic E-state index is 9.56. The average Bonchev–Trinajstić information content (AvgIpc) is 2.35. The summed E-state index contributed by atoms with van der Waals surface area (Å²) < 4.78 is 5.30. The van der Waals surface area contributed by atoms with Crippen molar-refractivity contribution in [3.05, 3.63) is 18.2 Å². The van der Waals surface area contributed by atoms with Crippen molar-refractivity contribution in [1.29, 1.82) is 0 Å². The minimum atomic E-state index is 0. The molecule has 0 amide bonds. The number of ether oxygens (including phenoxy) is 1. The van der Waals surface area contributed by atoms with Crippen LogP contribution < -0.4 is 15.4 Å². The molecule has 104 valence electrons. The Morgan fingerprint density at radius 1 is 1.39 bits per heavy atom. The van der Waals surface area contributed by atoms with Gasteiger partial charge in [-0.25, -0.2) is 0 Å². The highest BCUT2D eigenvalue weighted by molar-refractivity contribution is 5.85. The Morgan fingerprint density at radius 2 is 2.06 bits per heavy atom. The lowest BCUT2D eigenvalue weighted by Gasteiger charge is -2.27. The van der Waals surface area contributed by atoms with E-state index in [0.717, 1.165) is 30.9 Å². The molecule has 0 radical (unpaired) electrons. The van der Waals surface area contributed by atoms with Gasteiger partial charge in [-0.15, -0.1) is 12.4 Å². The van der Waals surface area contributed by atoms with Crippen LogP contribution in [0.3, 0.4) is 0 Å². The van der Waals surface area contributed by atoms with Gasteiger partial charge >= 0.3 is 0 Å². The van der Waals surface area contributed by atoms with E-state index in [2.05, 4.69) is 18.7 Å². The summed E-state index contributed by atoms with van der Waals surface area (Å²) in [4.78, 5) is 2.12. The third kappa shape index (κ3) is 4.27. The van der Waals surface area contributed by atoms with Crippen LogP contribution in [0.1, 0.15) is 20.3 Å². The van der Waals surface area contributed by atoms with E-state index >= 15 is 0 Å². The van der Waals surface area contributed by atoms with Crippen LogP contribution in [0.5, 0.6) is 11.5 Å². The number of benzene rings is 1. The molecular formula is C13H23ClN2O2. The van der Waals surface area contributed by atoms with Gasteiger partial charge in [-0.2, -0.15) is 0 Å². The number of aromatic hydroxyl groups is 1. The third-order valence-electron chi connectivity index (χ3n) is 2.86. The van der Waals surface area contributed by atoms with Gasteiger partial charge in [-0.1, -0.05) is 6.92 Å². The summed E-state index contributed by atoms with van der Waals surface area (Å²) in [5.74, 6) is 0.997.